The van der Waals surface area contributed by atoms with Gasteiger partial charge in [0.2, 0.25) is 0 Å². The standard InChI is InChI=1S/C10H15BrN2/c1-8(2)13-7-12-6-10(13)4-9(3)5-11/h4,6-8H,5H2,1-3H3/b9-4-. The summed E-state index contributed by atoms with van der Waals surface area (Å²) in [5.41, 5.74) is 2.48. The van der Waals surface area contributed by atoms with Crippen molar-refractivity contribution in [1.82, 2.24) is 9.55 Å². The third-order valence-corrected chi connectivity index (χ3v) is 2.74. The van der Waals surface area contributed by atoms with Crippen molar-refractivity contribution in [2.24, 2.45) is 0 Å². The van der Waals surface area contributed by atoms with Crippen molar-refractivity contribution < 1.29 is 0 Å². The Kier molecular flexibility index (Phi) is 3.72. The molecule has 0 saturated heterocycles. The summed E-state index contributed by atoms with van der Waals surface area (Å²) < 4.78 is 2.16. The van der Waals surface area contributed by atoms with Crippen LogP contribution in [0.25, 0.3) is 6.08 Å². The van der Waals surface area contributed by atoms with Crippen LogP contribution in [0.3, 0.4) is 0 Å². The van der Waals surface area contributed by atoms with Crippen molar-refractivity contribution in [3.05, 3.63) is 23.8 Å². The van der Waals surface area contributed by atoms with Crippen LogP contribution in [0.2, 0.25) is 0 Å². The Morgan fingerprint density at radius 3 is 2.92 bits per heavy atom. The SMILES string of the molecule is C/C(=C/c1cncn1C(C)C)CBr. The smallest absolute Gasteiger partial charge is 0.0953 e. The zero-order valence-electron chi connectivity index (χ0n) is 8.29. The van der Waals surface area contributed by atoms with Crippen molar-refractivity contribution in [2.45, 2.75) is 26.8 Å². The van der Waals surface area contributed by atoms with Crippen molar-refractivity contribution >= 4 is 22.0 Å². The van der Waals surface area contributed by atoms with Gasteiger partial charge in [-0.15, -0.1) is 0 Å². The molecule has 0 spiro atoms. The highest BCUT2D eigenvalue weighted by atomic mass is 79.9. The summed E-state index contributed by atoms with van der Waals surface area (Å²) in [6.07, 6.45) is 5.92. The Labute approximate surface area is 87.8 Å². The molecule has 0 atom stereocenters. The van der Waals surface area contributed by atoms with Crippen LogP contribution in [0.1, 0.15) is 32.5 Å². The highest BCUT2D eigenvalue weighted by molar-refractivity contribution is 9.09. The van der Waals surface area contributed by atoms with Gasteiger partial charge in [0, 0.05) is 11.4 Å². The maximum Gasteiger partial charge on any atom is 0.0953 e. The first-order valence-corrected chi connectivity index (χ1v) is 5.52. The Morgan fingerprint density at radius 2 is 2.38 bits per heavy atom. The van der Waals surface area contributed by atoms with Gasteiger partial charge in [0.1, 0.15) is 0 Å². The second-order valence-electron chi connectivity index (χ2n) is 3.44. The number of nitrogens with zero attached hydrogens (tertiary/aromatic N) is 2. The van der Waals surface area contributed by atoms with Crippen LogP contribution in [0.15, 0.2) is 18.1 Å². The number of allylic oxidation sites excluding steroid dienone is 1. The first-order chi connectivity index (χ1) is 6.15. The van der Waals surface area contributed by atoms with Gasteiger partial charge in [-0.3, -0.25) is 0 Å². The van der Waals surface area contributed by atoms with E-state index < -0.39 is 0 Å². The molecule has 0 aromatic carbocycles. The molecule has 2 nitrogen and oxygen atoms in total. The van der Waals surface area contributed by atoms with Gasteiger partial charge in [-0.2, -0.15) is 0 Å². The Hall–Kier alpha value is -0.570. The summed E-state index contributed by atoms with van der Waals surface area (Å²) in [6, 6.07) is 0.469. The molecule has 13 heavy (non-hydrogen) atoms. The fourth-order valence-electron chi connectivity index (χ4n) is 1.15. The van der Waals surface area contributed by atoms with Gasteiger partial charge >= 0.3 is 0 Å². The lowest BCUT2D eigenvalue weighted by molar-refractivity contribution is 0.595. The van der Waals surface area contributed by atoms with E-state index in [0.29, 0.717) is 6.04 Å². The first kappa shape index (κ1) is 10.5. The van der Waals surface area contributed by atoms with Gasteiger partial charge < -0.3 is 4.57 Å². The van der Waals surface area contributed by atoms with Crippen molar-refractivity contribution in [3.63, 3.8) is 0 Å². The van der Waals surface area contributed by atoms with Gasteiger partial charge in [-0.05, 0) is 26.8 Å². The number of imidazole rings is 1. The average Bonchev–Trinajstić information content (AvgIpc) is 2.52. The normalized spacial score (nSPS) is 12.5. The molecule has 0 saturated carbocycles. The highest BCUT2D eigenvalue weighted by Gasteiger charge is 2.02. The molecule has 0 N–H and O–H groups in total. The summed E-state index contributed by atoms with van der Waals surface area (Å²) in [4.78, 5) is 4.13. The second-order valence-corrected chi connectivity index (χ2v) is 4.00. The number of aromatic nitrogens is 2. The highest BCUT2D eigenvalue weighted by Crippen LogP contribution is 2.13. The van der Waals surface area contributed by atoms with E-state index in [-0.39, 0.29) is 0 Å². The van der Waals surface area contributed by atoms with Crippen LogP contribution in [-0.2, 0) is 0 Å². The number of alkyl halides is 1. The number of rotatable bonds is 3. The van der Waals surface area contributed by atoms with Gasteiger partial charge in [0.25, 0.3) is 0 Å². The molecule has 0 amide bonds. The topological polar surface area (TPSA) is 17.8 Å². The summed E-state index contributed by atoms with van der Waals surface area (Å²) in [6.45, 7) is 6.41. The second kappa shape index (κ2) is 4.61. The van der Waals surface area contributed by atoms with E-state index in [1.54, 1.807) is 0 Å². The molecular weight excluding hydrogens is 228 g/mol. The Balaban J connectivity index is 2.94. The molecule has 0 aliphatic carbocycles. The zero-order chi connectivity index (χ0) is 9.84. The fraction of sp³-hybridized carbons (Fsp3) is 0.500. The Morgan fingerprint density at radius 1 is 1.69 bits per heavy atom. The third-order valence-electron chi connectivity index (χ3n) is 1.86. The van der Waals surface area contributed by atoms with E-state index in [4.69, 9.17) is 0 Å². The predicted octanol–water partition coefficient (Wildman–Crippen LogP) is 3.26. The van der Waals surface area contributed by atoms with Gasteiger partial charge in [-0.25, -0.2) is 4.98 Å². The maximum atomic E-state index is 4.13. The zero-order valence-corrected chi connectivity index (χ0v) is 9.87. The van der Waals surface area contributed by atoms with Crippen LogP contribution in [0, 0.1) is 0 Å². The van der Waals surface area contributed by atoms with Crippen molar-refractivity contribution in [3.8, 4) is 0 Å². The Bertz CT molecular complexity index is 300. The minimum absolute atomic E-state index is 0.469. The van der Waals surface area contributed by atoms with Crippen molar-refractivity contribution in [2.75, 3.05) is 5.33 Å². The molecule has 0 bridgehead atoms. The quantitative estimate of drug-likeness (QED) is 0.745. The van der Waals surface area contributed by atoms with E-state index in [1.165, 1.54) is 11.3 Å². The summed E-state index contributed by atoms with van der Waals surface area (Å²) in [5, 5.41) is 0.913. The number of hydrogen-bond acceptors (Lipinski definition) is 1. The molecule has 1 aromatic heterocycles. The monoisotopic (exact) mass is 242 g/mol. The molecule has 0 aliphatic rings. The van der Waals surface area contributed by atoms with Crippen LogP contribution in [0.4, 0.5) is 0 Å². The van der Waals surface area contributed by atoms with Crippen LogP contribution in [-0.4, -0.2) is 14.9 Å². The minimum atomic E-state index is 0.469. The molecule has 0 unspecified atom stereocenters. The lowest BCUT2D eigenvalue weighted by Gasteiger charge is -2.09. The van der Waals surface area contributed by atoms with E-state index in [1.807, 2.05) is 12.5 Å². The molecule has 1 heterocycles. The molecule has 3 heteroatoms. The molecule has 72 valence electrons. The lowest BCUT2D eigenvalue weighted by atomic mass is 10.2. The van der Waals surface area contributed by atoms with Crippen LogP contribution < -0.4 is 0 Å². The number of halogens is 1. The predicted molar refractivity (Wildman–Crippen MR) is 60.1 cm³/mol. The van der Waals surface area contributed by atoms with E-state index in [2.05, 4.69) is 52.3 Å². The summed E-state index contributed by atoms with van der Waals surface area (Å²) >= 11 is 3.42. The fourth-order valence-corrected chi connectivity index (χ4v) is 1.31. The molecule has 0 fully saturated rings. The number of hydrogen-bond donors (Lipinski definition) is 0. The molecule has 0 radical (unpaired) electrons. The lowest BCUT2D eigenvalue weighted by Crippen LogP contribution is -2.00. The minimum Gasteiger partial charge on any atom is -0.329 e. The molecule has 1 rings (SSSR count). The molecule has 0 aliphatic heterocycles. The van der Waals surface area contributed by atoms with Crippen molar-refractivity contribution in [1.29, 1.82) is 0 Å². The van der Waals surface area contributed by atoms with Gasteiger partial charge in [-0.1, -0.05) is 21.5 Å². The maximum absolute atomic E-state index is 4.13. The van der Waals surface area contributed by atoms with E-state index >= 15 is 0 Å². The molecule has 1 aromatic rings. The summed E-state index contributed by atoms with van der Waals surface area (Å²) in [5.74, 6) is 0. The average molecular weight is 243 g/mol. The molecular formula is C10H15BrN2. The van der Waals surface area contributed by atoms with Gasteiger partial charge in [0.05, 0.1) is 18.2 Å². The van der Waals surface area contributed by atoms with E-state index in [9.17, 15) is 0 Å². The van der Waals surface area contributed by atoms with E-state index in [0.717, 1.165) is 5.33 Å². The first-order valence-electron chi connectivity index (χ1n) is 4.40. The van der Waals surface area contributed by atoms with Gasteiger partial charge in [0.15, 0.2) is 0 Å². The van der Waals surface area contributed by atoms with Crippen LogP contribution >= 0.6 is 15.9 Å². The largest absolute Gasteiger partial charge is 0.329 e. The summed E-state index contributed by atoms with van der Waals surface area (Å²) in [7, 11) is 0. The third kappa shape index (κ3) is 2.69. The van der Waals surface area contributed by atoms with Crippen LogP contribution in [0.5, 0.6) is 0 Å².